The van der Waals surface area contributed by atoms with Crippen molar-refractivity contribution < 1.29 is 14.6 Å². The van der Waals surface area contributed by atoms with Crippen LogP contribution >= 0.6 is 11.6 Å². The van der Waals surface area contributed by atoms with Gasteiger partial charge in [-0.3, -0.25) is 0 Å². The number of hydrogen-bond acceptors (Lipinski definition) is 2. The third kappa shape index (κ3) is 4.41. The summed E-state index contributed by atoms with van der Waals surface area (Å²) in [6.07, 6.45) is 0. The Balaban J connectivity index is 1.83. The first kappa shape index (κ1) is 19.6. The van der Waals surface area contributed by atoms with Crippen LogP contribution in [0.5, 0.6) is 0 Å². The van der Waals surface area contributed by atoms with Crippen molar-refractivity contribution in [3.8, 4) is 0 Å². The van der Waals surface area contributed by atoms with E-state index < -0.39 is 0 Å². The van der Waals surface area contributed by atoms with Gasteiger partial charge in [0, 0.05) is 27.6 Å². The highest BCUT2D eigenvalue weighted by Crippen LogP contribution is 2.22. The first-order valence-corrected chi connectivity index (χ1v) is 9.64. The highest BCUT2D eigenvalue weighted by molar-refractivity contribution is 6.31. The minimum Gasteiger partial charge on any atom is -0.423 e. The van der Waals surface area contributed by atoms with E-state index >= 15 is 0 Å². The van der Waals surface area contributed by atoms with Crippen LogP contribution in [0.3, 0.4) is 0 Å². The van der Waals surface area contributed by atoms with Crippen molar-refractivity contribution >= 4 is 22.6 Å². The first-order valence-electron chi connectivity index (χ1n) is 9.27. The lowest BCUT2D eigenvalue weighted by molar-refractivity contribution is -0.910. The molecule has 0 spiro atoms. The van der Waals surface area contributed by atoms with Gasteiger partial charge in [0.1, 0.15) is 18.7 Å². The summed E-state index contributed by atoms with van der Waals surface area (Å²) in [5, 5.41) is 4.05. The molecule has 0 aliphatic rings. The summed E-state index contributed by atoms with van der Waals surface area (Å²) in [4.78, 5) is 13.3. The van der Waals surface area contributed by atoms with E-state index in [9.17, 15) is 4.79 Å². The minimum absolute atomic E-state index is 0.272. The van der Waals surface area contributed by atoms with Gasteiger partial charge in [-0.25, -0.2) is 4.79 Å². The summed E-state index contributed by atoms with van der Waals surface area (Å²) in [7, 11) is 4.28. The van der Waals surface area contributed by atoms with Gasteiger partial charge >= 0.3 is 5.63 Å². The SMILES string of the molecule is Cc1cc2oc(=O)cc(C[NH2+]C[C@@H](c3ccccc3Cl)[NH+](C)C)c2cc1C. The molecule has 1 atom stereocenters. The van der Waals surface area contributed by atoms with E-state index in [-0.39, 0.29) is 11.7 Å². The van der Waals surface area contributed by atoms with Crippen LogP contribution in [0.2, 0.25) is 5.02 Å². The molecule has 142 valence electrons. The van der Waals surface area contributed by atoms with Gasteiger partial charge in [0.25, 0.3) is 0 Å². The van der Waals surface area contributed by atoms with Crippen LogP contribution in [0.1, 0.15) is 28.3 Å². The number of benzene rings is 2. The van der Waals surface area contributed by atoms with Gasteiger partial charge in [-0.05, 0) is 43.2 Å². The van der Waals surface area contributed by atoms with Gasteiger partial charge in [0.15, 0.2) is 6.04 Å². The molecule has 0 saturated carbocycles. The quantitative estimate of drug-likeness (QED) is 0.637. The van der Waals surface area contributed by atoms with Gasteiger partial charge in [-0.1, -0.05) is 29.8 Å². The first-order chi connectivity index (χ1) is 12.9. The second-order valence-corrected chi connectivity index (χ2v) is 7.81. The summed E-state index contributed by atoms with van der Waals surface area (Å²) < 4.78 is 5.40. The Kier molecular flexibility index (Phi) is 6.00. The standard InChI is InChI=1S/C22H25ClN2O2/c1-14-9-18-16(11-22(26)27-21(18)10-15(14)2)12-24-13-20(25(3)4)17-7-5-6-8-19(17)23/h5-11,20,24H,12-13H2,1-4H3/p+2/t20-/m0/s1. The molecule has 0 bridgehead atoms. The average molecular weight is 387 g/mol. The second-order valence-electron chi connectivity index (χ2n) is 7.40. The van der Waals surface area contributed by atoms with Crippen LogP contribution in [-0.4, -0.2) is 20.6 Å². The fourth-order valence-electron chi connectivity index (χ4n) is 3.49. The Morgan fingerprint density at radius 2 is 1.81 bits per heavy atom. The molecule has 27 heavy (non-hydrogen) atoms. The van der Waals surface area contributed by atoms with Crippen LogP contribution in [0.4, 0.5) is 0 Å². The highest BCUT2D eigenvalue weighted by Gasteiger charge is 2.22. The Labute approximate surface area is 164 Å². The maximum Gasteiger partial charge on any atom is 0.336 e. The topological polar surface area (TPSA) is 51.3 Å². The van der Waals surface area contributed by atoms with Crippen molar-refractivity contribution in [3.05, 3.63) is 80.2 Å². The van der Waals surface area contributed by atoms with Gasteiger partial charge < -0.3 is 14.6 Å². The molecule has 0 aliphatic carbocycles. The molecule has 3 aromatic rings. The predicted molar refractivity (Wildman–Crippen MR) is 109 cm³/mol. The molecule has 1 heterocycles. The monoisotopic (exact) mass is 386 g/mol. The van der Waals surface area contributed by atoms with Crippen LogP contribution in [0.25, 0.3) is 11.0 Å². The lowest BCUT2D eigenvalue weighted by atomic mass is 10.0. The molecule has 0 aliphatic heterocycles. The van der Waals surface area contributed by atoms with Gasteiger partial charge in [0.05, 0.1) is 14.1 Å². The zero-order valence-corrected chi connectivity index (χ0v) is 17.1. The van der Waals surface area contributed by atoms with Gasteiger partial charge in [0.2, 0.25) is 0 Å². The molecule has 1 aromatic heterocycles. The van der Waals surface area contributed by atoms with E-state index in [0.29, 0.717) is 5.58 Å². The molecule has 2 aromatic carbocycles. The Morgan fingerprint density at radius 1 is 1.11 bits per heavy atom. The lowest BCUT2D eigenvalue weighted by Crippen LogP contribution is -3.09. The van der Waals surface area contributed by atoms with Gasteiger partial charge in [-0.15, -0.1) is 0 Å². The molecule has 0 unspecified atom stereocenters. The number of quaternary nitrogens is 2. The summed E-state index contributed by atoms with van der Waals surface area (Å²) in [5.74, 6) is 0. The number of fused-ring (bicyclic) bond motifs is 1. The number of nitrogens with two attached hydrogens (primary N) is 1. The van der Waals surface area contributed by atoms with Crippen molar-refractivity contribution in [1.82, 2.24) is 0 Å². The van der Waals surface area contributed by atoms with Crippen molar-refractivity contribution in [3.63, 3.8) is 0 Å². The van der Waals surface area contributed by atoms with Crippen molar-refractivity contribution in [1.29, 1.82) is 0 Å². The number of aryl methyl sites for hydroxylation is 2. The van der Waals surface area contributed by atoms with Crippen LogP contribution in [-0.2, 0) is 6.54 Å². The van der Waals surface area contributed by atoms with E-state index in [4.69, 9.17) is 16.0 Å². The van der Waals surface area contributed by atoms with Crippen molar-refractivity contribution in [2.75, 3.05) is 20.6 Å². The predicted octanol–water partition coefficient (Wildman–Crippen LogP) is 2.01. The van der Waals surface area contributed by atoms with Gasteiger partial charge in [-0.2, -0.15) is 0 Å². The smallest absolute Gasteiger partial charge is 0.336 e. The molecule has 4 nitrogen and oxygen atoms in total. The molecule has 0 amide bonds. The van der Waals surface area contributed by atoms with E-state index in [1.54, 1.807) is 6.07 Å². The molecular weight excluding hydrogens is 360 g/mol. The zero-order chi connectivity index (χ0) is 19.6. The molecule has 0 fully saturated rings. The van der Waals surface area contributed by atoms with E-state index in [1.165, 1.54) is 10.5 Å². The normalized spacial score (nSPS) is 12.7. The Bertz CT molecular complexity index is 1010. The molecule has 3 rings (SSSR count). The maximum absolute atomic E-state index is 12.0. The van der Waals surface area contributed by atoms with Crippen LogP contribution in [0, 0.1) is 13.8 Å². The zero-order valence-electron chi connectivity index (χ0n) is 16.3. The van der Waals surface area contributed by atoms with Crippen LogP contribution < -0.4 is 15.8 Å². The number of rotatable bonds is 6. The number of nitrogens with one attached hydrogen (secondary N) is 1. The minimum atomic E-state index is -0.296. The van der Waals surface area contributed by atoms with E-state index in [1.807, 2.05) is 31.2 Å². The van der Waals surface area contributed by atoms with E-state index in [0.717, 1.165) is 40.2 Å². The number of halogens is 1. The number of hydrogen-bond donors (Lipinski definition) is 2. The third-order valence-corrected chi connectivity index (χ3v) is 5.53. The summed E-state index contributed by atoms with van der Waals surface area (Å²) in [6.45, 7) is 5.70. The summed E-state index contributed by atoms with van der Waals surface area (Å²) >= 11 is 6.41. The van der Waals surface area contributed by atoms with E-state index in [2.05, 4.69) is 38.5 Å². The fraction of sp³-hybridized carbons (Fsp3) is 0.318. The van der Waals surface area contributed by atoms with Crippen molar-refractivity contribution in [2.24, 2.45) is 0 Å². The highest BCUT2D eigenvalue weighted by atomic mass is 35.5. The molecule has 0 saturated heterocycles. The molecular formula is C22H27ClN2O2+2. The fourth-order valence-corrected chi connectivity index (χ4v) is 3.76. The Morgan fingerprint density at radius 3 is 2.52 bits per heavy atom. The number of likely N-dealkylation sites (N-methyl/N-ethyl adjacent to an activating group) is 1. The summed E-state index contributed by atoms with van der Waals surface area (Å²) in [5.41, 5.74) is 4.85. The third-order valence-electron chi connectivity index (χ3n) is 5.19. The molecule has 3 N–H and O–H groups in total. The maximum atomic E-state index is 12.0. The largest absolute Gasteiger partial charge is 0.423 e. The summed E-state index contributed by atoms with van der Waals surface area (Å²) in [6, 6.07) is 14.0. The van der Waals surface area contributed by atoms with Crippen LogP contribution in [0.15, 0.2) is 51.7 Å². The second kappa shape index (κ2) is 8.26. The molecule has 5 heteroatoms. The molecule has 0 radical (unpaired) electrons. The lowest BCUT2D eigenvalue weighted by Gasteiger charge is -2.21. The average Bonchev–Trinajstić information content (AvgIpc) is 2.61. The Hall–Kier alpha value is -2.14. The van der Waals surface area contributed by atoms with Crippen molar-refractivity contribution in [2.45, 2.75) is 26.4 Å².